The predicted octanol–water partition coefficient (Wildman–Crippen LogP) is 4.84. The zero-order valence-corrected chi connectivity index (χ0v) is 18.2. The Morgan fingerprint density at radius 1 is 0.926 bits per heavy atom. The second-order valence-corrected chi connectivity index (χ2v) is 9.53. The van der Waals surface area contributed by atoms with Gasteiger partial charge in [-0.05, 0) is 30.1 Å². The fourth-order valence-corrected chi connectivity index (χ4v) is 6.34. The molecule has 1 saturated carbocycles. The van der Waals surface area contributed by atoms with Gasteiger partial charge < -0.3 is 19.3 Å². The highest BCUT2D eigenvalue weighted by Crippen LogP contribution is 2.62. The third kappa shape index (κ3) is 2.83. The van der Waals surface area contributed by atoms with E-state index in [1.807, 2.05) is 0 Å². The normalized spacial score (nSPS) is 29.1. The van der Waals surface area contributed by atoms with Crippen molar-refractivity contribution in [1.29, 1.82) is 0 Å². The topological polar surface area (TPSA) is 47.9 Å². The van der Waals surface area contributed by atoms with E-state index in [9.17, 15) is 5.11 Å². The number of benzene rings is 1. The molecule has 1 aromatic rings. The molecule has 4 nitrogen and oxygen atoms in total. The minimum atomic E-state index is -0.384. The van der Waals surface area contributed by atoms with E-state index in [2.05, 4.69) is 34.6 Å². The van der Waals surface area contributed by atoms with Gasteiger partial charge in [-0.15, -0.1) is 0 Å². The van der Waals surface area contributed by atoms with Crippen molar-refractivity contribution < 1.29 is 19.3 Å². The van der Waals surface area contributed by atoms with Crippen LogP contribution in [0.3, 0.4) is 0 Å². The average molecular weight is 377 g/mol. The van der Waals surface area contributed by atoms with Gasteiger partial charge in [-0.3, -0.25) is 0 Å². The first-order valence-electron chi connectivity index (χ1n) is 10.2. The van der Waals surface area contributed by atoms with Crippen molar-refractivity contribution in [2.24, 2.45) is 11.3 Å². The number of methoxy groups -OCH3 is 3. The van der Waals surface area contributed by atoms with Gasteiger partial charge in [0.25, 0.3) is 0 Å². The summed E-state index contributed by atoms with van der Waals surface area (Å²) in [6, 6.07) is 0. The third-order valence-corrected chi connectivity index (χ3v) is 7.10. The van der Waals surface area contributed by atoms with Crippen LogP contribution in [-0.2, 0) is 11.8 Å². The number of aliphatic hydroxyl groups excluding tert-OH is 1. The lowest BCUT2D eigenvalue weighted by molar-refractivity contribution is -0.0547. The summed E-state index contributed by atoms with van der Waals surface area (Å²) in [7, 11) is 5.16. The Labute approximate surface area is 164 Å². The maximum absolute atomic E-state index is 11.3. The Bertz CT molecular complexity index is 722. The molecular weight excluding hydrogens is 340 g/mol. The van der Waals surface area contributed by atoms with Crippen molar-refractivity contribution in [3.8, 4) is 17.2 Å². The molecule has 152 valence electrons. The molecule has 1 aromatic carbocycles. The fraction of sp³-hybridized carbons (Fsp3) is 0.739. The Kier molecular flexibility index (Phi) is 5.17. The Morgan fingerprint density at radius 2 is 1.52 bits per heavy atom. The number of ether oxygens (including phenoxy) is 3. The summed E-state index contributed by atoms with van der Waals surface area (Å²) in [5.74, 6) is 2.87. The second-order valence-electron chi connectivity index (χ2n) is 9.53. The Balaban J connectivity index is 2.41. The maximum Gasteiger partial charge on any atom is 0.168 e. The minimum Gasteiger partial charge on any atom is -0.496 e. The van der Waals surface area contributed by atoms with Crippen molar-refractivity contribution in [2.45, 2.75) is 77.7 Å². The summed E-state index contributed by atoms with van der Waals surface area (Å²) < 4.78 is 17.8. The van der Waals surface area contributed by atoms with Gasteiger partial charge in [0.1, 0.15) is 5.75 Å². The highest BCUT2D eigenvalue weighted by atomic mass is 16.5. The van der Waals surface area contributed by atoms with Gasteiger partial charge in [-0.2, -0.15) is 0 Å². The van der Waals surface area contributed by atoms with Crippen LogP contribution in [0, 0.1) is 11.3 Å². The number of hydrogen-bond donors (Lipinski definition) is 1. The Hall–Kier alpha value is -1.42. The smallest absolute Gasteiger partial charge is 0.168 e. The first kappa shape index (κ1) is 20.3. The molecule has 2 aliphatic carbocycles. The van der Waals surface area contributed by atoms with Crippen LogP contribution in [0.1, 0.15) is 76.5 Å². The van der Waals surface area contributed by atoms with Gasteiger partial charge in [-0.1, -0.05) is 41.0 Å². The van der Waals surface area contributed by atoms with Crippen molar-refractivity contribution >= 4 is 0 Å². The van der Waals surface area contributed by atoms with Crippen LogP contribution in [0.4, 0.5) is 0 Å². The van der Waals surface area contributed by atoms with Crippen LogP contribution in [0.25, 0.3) is 0 Å². The molecule has 0 bridgehead atoms. The fourth-order valence-electron chi connectivity index (χ4n) is 6.34. The predicted molar refractivity (Wildman–Crippen MR) is 108 cm³/mol. The van der Waals surface area contributed by atoms with Gasteiger partial charge in [0.05, 0.1) is 27.4 Å². The molecule has 2 aliphatic rings. The van der Waals surface area contributed by atoms with Crippen LogP contribution >= 0.6 is 0 Å². The van der Waals surface area contributed by atoms with Gasteiger partial charge in [0, 0.05) is 28.5 Å². The largest absolute Gasteiger partial charge is 0.496 e. The zero-order chi connectivity index (χ0) is 20.1. The zero-order valence-electron chi connectivity index (χ0n) is 18.2. The molecule has 1 N–H and O–H groups in total. The van der Waals surface area contributed by atoms with Gasteiger partial charge in [0.15, 0.2) is 11.5 Å². The summed E-state index contributed by atoms with van der Waals surface area (Å²) in [5, 5.41) is 11.3. The van der Waals surface area contributed by atoms with Crippen LogP contribution < -0.4 is 14.2 Å². The summed E-state index contributed by atoms with van der Waals surface area (Å²) in [6.07, 6.45) is 3.54. The van der Waals surface area contributed by atoms with Gasteiger partial charge in [-0.25, -0.2) is 0 Å². The van der Waals surface area contributed by atoms with E-state index in [0.717, 1.165) is 47.6 Å². The molecule has 0 radical (unpaired) electrons. The minimum absolute atomic E-state index is 0.0757. The molecule has 1 fully saturated rings. The molecule has 0 unspecified atom stereocenters. The van der Waals surface area contributed by atoms with E-state index in [1.54, 1.807) is 21.3 Å². The molecule has 0 amide bonds. The summed E-state index contributed by atoms with van der Waals surface area (Å²) in [4.78, 5) is 0. The molecule has 0 aliphatic heterocycles. The van der Waals surface area contributed by atoms with E-state index in [4.69, 9.17) is 14.2 Å². The van der Waals surface area contributed by atoms with E-state index in [0.29, 0.717) is 6.42 Å². The van der Waals surface area contributed by atoms with Crippen molar-refractivity contribution in [3.05, 3.63) is 16.7 Å². The molecule has 0 aromatic heterocycles. The highest BCUT2D eigenvalue weighted by molar-refractivity contribution is 5.67. The Morgan fingerprint density at radius 3 is 2.04 bits per heavy atom. The SMILES string of the molecule is COc1c2c(c(OC)c(OC)c1C(C)C)[C@@]1(C)CCCC(C)(C)[C@@H]1[C@@H](O)C2. The van der Waals surface area contributed by atoms with Crippen LogP contribution in [-0.4, -0.2) is 32.5 Å². The first-order valence-corrected chi connectivity index (χ1v) is 10.2. The van der Waals surface area contributed by atoms with Crippen LogP contribution in [0.2, 0.25) is 0 Å². The van der Waals surface area contributed by atoms with E-state index >= 15 is 0 Å². The van der Waals surface area contributed by atoms with Crippen LogP contribution in [0.15, 0.2) is 0 Å². The molecule has 3 atom stereocenters. The highest BCUT2D eigenvalue weighted by Gasteiger charge is 2.56. The number of aliphatic hydroxyl groups is 1. The summed E-state index contributed by atoms with van der Waals surface area (Å²) in [5.41, 5.74) is 3.22. The van der Waals surface area contributed by atoms with Crippen LogP contribution in [0.5, 0.6) is 17.2 Å². The van der Waals surface area contributed by atoms with Crippen molar-refractivity contribution in [1.82, 2.24) is 0 Å². The van der Waals surface area contributed by atoms with E-state index < -0.39 is 0 Å². The molecule has 0 saturated heterocycles. The number of rotatable bonds is 4. The van der Waals surface area contributed by atoms with E-state index in [1.165, 1.54) is 5.56 Å². The maximum atomic E-state index is 11.3. The lowest BCUT2D eigenvalue weighted by Gasteiger charge is -2.56. The number of hydrogen-bond acceptors (Lipinski definition) is 4. The molecule has 3 rings (SSSR count). The molecular formula is C23H36O4. The standard InChI is InChI=1S/C23H36O4/c1-13(2)16-18(25-6)14-12-15(24)21-22(3,4)10-9-11-23(21,5)17(14)20(27-8)19(16)26-7/h13,15,21,24H,9-12H2,1-8H3/t15-,21-,23+/m0/s1. The molecule has 27 heavy (non-hydrogen) atoms. The van der Waals surface area contributed by atoms with Gasteiger partial charge >= 0.3 is 0 Å². The lowest BCUT2D eigenvalue weighted by Crippen LogP contribution is -2.54. The summed E-state index contributed by atoms with van der Waals surface area (Å²) >= 11 is 0. The molecule has 0 heterocycles. The van der Waals surface area contributed by atoms with Crippen molar-refractivity contribution in [3.63, 3.8) is 0 Å². The van der Waals surface area contributed by atoms with Crippen molar-refractivity contribution in [2.75, 3.05) is 21.3 Å². The quantitative estimate of drug-likeness (QED) is 0.817. The molecule has 4 heteroatoms. The monoisotopic (exact) mass is 376 g/mol. The number of fused-ring (bicyclic) bond motifs is 3. The second kappa shape index (κ2) is 6.88. The lowest BCUT2D eigenvalue weighted by atomic mass is 9.49. The van der Waals surface area contributed by atoms with E-state index in [-0.39, 0.29) is 28.8 Å². The summed E-state index contributed by atoms with van der Waals surface area (Å²) in [6.45, 7) is 11.2. The molecule has 0 spiro atoms. The first-order chi connectivity index (χ1) is 12.6. The average Bonchev–Trinajstić information content (AvgIpc) is 2.58. The van der Waals surface area contributed by atoms with Gasteiger partial charge in [0.2, 0.25) is 0 Å². The third-order valence-electron chi connectivity index (χ3n) is 7.10.